The molecule has 3 aliphatic rings. The zero-order valence-electron chi connectivity index (χ0n) is 28.3. The topological polar surface area (TPSA) is 107 Å². The molecule has 0 saturated carbocycles. The smallest absolute Gasteiger partial charge is 0.223 e. The van der Waals surface area contributed by atoms with Gasteiger partial charge in [0.15, 0.2) is 0 Å². The molecule has 0 spiro atoms. The van der Waals surface area contributed by atoms with Gasteiger partial charge in [0.25, 0.3) is 0 Å². The molecule has 8 rings (SSSR count). The summed E-state index contributed by atoms with van der Waals surface area (Å²) in [6.45, 7) is 10.6. The van der Waals surface area contributed by atoms with E-state index in [0.717, 1.165) is 106 Å². The van der Waals surface area contributed by atoms with E-state index in [2.05, 4.69) is 80.1 Å². The lowest BCUT2D eigenvalue weighted by Gasteiger charge is -2.23. The molecule has 4 unspecified atom stereocenters. The van der Waals surface area contributed by atoms with E-state index in [1.165, 1.54) is 0 Å². The quantitative estimate of drug-likeness (QED) is 0.186. The third kappa shape index (κ3) is 5.24. The van der Waals surface area contributed by atoms with Gasteiger partial charge in [-0.15, -0.1) is 0 Å². The Morgan fingerprint density at radius 2 is 1.56 bits per heavy atom. The lowest BCUT2D eigenvalue weighted by atomic mass is 9.92. The van der Waals surface area contributed by atoms with E-state index >= 15 is 0 Å². The Bertz CT molecular complexity index is 2040. The summed E-state index contributed by atoms with van der Waals surface area (Å²) in [6, 6.07) is 15.1. The lowest BCUT2D eigenvalue weighted by Crippen LogP contribution is -2.31. The molecule has 0 radical (unpaired) electrons. The molecule has 9 nitrogen and oxygen atoms in total. The summed E-state index contributed by atoms with van der Waals surface area (Å²) in [7, 11) is 0. The van der Waals surface area contributed by atoms with Crippen molar-refractivity contribution >= 4 is 33.6 Å². The molecular formula is C39H44N6O3. The molecule has 248 valence electrons. The monoisotopic (exact) mass is 644 g/mol. The van der Waals surface area contributed by atoms with Gasteiger partial charge in [0, 0.05) is 36.9 Å². The van der Waals surface area contributed by atoms with Crippen LogP contribution in [0.5, 0.6) is 5.75 Å². The van der Waals surface area contributed by atoms with Crippen LogP contribution in [-0.2, 0) is 16.2 Å². The number of nitrogens with one attached hydrogen (secondary N) is 2. The number of hydrogen-bond acceptors (Lipinski definition) is 5. The van der Waals surface area contributed by atoms with E-state index in [-0.39, 0.29) is 23.9 Å². The van der Waals surface area contributed by atoms with E-state index in [0.29, 0.717) is 31.3 Å². The summed E-state index contributed by atoms with van der Waals surface area (Å²) < 4.78 is 6.39. The van der Waals surface area contributed by atoms with Gasteiger partial charge in [-0.3, -0.25) is 9.59 Å². The number of H-pyrrole nitrogens is 2. The zero-order chi connectivity index (χ0) is 33.1. The first-order valence-corrected chi connectivity index (χ1v) is 17.7. The number of aromatic nitrogens is 4. The predicted octanol–water partition coefficient (Wildman–Crippen LogP) is 8.08. The van der Waals surface area contributed by atoms with Gasteiger partial charge < -0.3 is 24.5 Å². The molecule has 2 N–H and O–H groups in total. The number of ether oxygens (including phenoxy) is 1. The maximum Gasteiger partial charge on any atom is 0.223 e. The highest BCUT2D eigenvalue weighted by Gasteiger charge is 2.37. The minimum absolute atomic E-state index is 0.00445. The number of carbonyl (C=O) groups excluding carboxylic acids is 2. The molecule has 3 aliphatic heterocycles. The van der Waals surface area contributed by atoms with Gasteiger partial charge in [0.05, 0.1) is 35.0 Å². The Labute approximate surface area is 281 Å². The van der Waals surface area contributed by atoms with Gasteiger partial charge in [-0.1, -0.05) is 45.9 Å². The third-order valence-electron chi connectivity index (χ3n) is 10.5. The highest BCUT2D eigenvalue weighted by molar-refractivity contribution is 6.07. The number of amides is 2. The standard InChI is InChI=1S/C39H44N6O3/c1-5-7-35(46)44-19-22(3)13-32(44)38-40-18-31(42-38)25-9-11-27-26(15-25)21-48-34-17-28-24(16-29(27)34)10-12-30-37(28)43-39(41-30)33-14-23(4)20-45(33)36(47)8-6-2/h9-12,15-18,22-23,32-33H,5-8,13-14,19-21H2,1-4H3,(H,40,42)(H,41,43). The van der Waals surface area contributed by atoms with Crippen molar-refractivity contribution in [1.82, 2.24) is 29.7 Å². The molecule has 5 aromatic rings. The first-order valence-electron chi connectivity index (χ1n) is 17.7. The van der Waals surface area contributed by atoms with Crippen molar-refractivity contribution < 1.29 is 14.3 Å². The van der Waals surface area contributed by atoms with Gasteiger partial charge in [-0.2, -0.15) is 0 Å². The number of carbonyl (C=O) groups is 2. The molecule has 2 amide bonds. The fraction of sp³-hybridized carbons (Fsp3) is 0.436. The van der Waals surface area contributed by atoms with E-state index in [1.54, 1.807) is 0 Å². The summed E-state index contributed by atoms with van der Waals surface area (Å²) in [5, 5.41) is 2.15. The van der Waals surface area contributed by atoms with Crippen LogP contribution in [0.25, 0.3) is 44.2 Å². The Kier molecular flexibility index (Phi) is 7.73. The normalized spacial score (nSPS) is 21.9. The van der Waals surface area contributed by atoms with Gasteiger partial charge in [-0.25, -0.2) is 9.97 Å². The largest absolute Gasteiger partial charge is 0.488 e. The Balaban J connectivity index is 1.09. The number of imidazole rings is 2. The summed E-state index contributed by atoms with van der Waals surface area (Å²) in [5.41, 5.74) is 7.25. The van der Waals surface area contributed by atoms with E-state index < -0.39 is 0 Å². The van der Waals surface area contributed by atoms with E-state index in [4.69, 9.17) is 14.7 Å². The van der Waals surface area contributed by atoms with Crippen molar-refractivity contribution in [2.75, 3.05) is 13.1 Å². The number of benzene rings is 3. The van der Waals surface area contributed by atoms with Crippen LogP contribution in [0.1, 0.15) is 95.5 Å². The Morgan fingerprint density at radius 3 is 2.27 bits per heavy atom. The highest BCUT2D eigenvalue weighted by atomic mass is 16.5. The summed E-state index contributed by atoms with van der Waals surface area (Å²) in [6.07, 6.45) is 6.58. The summed E-state index contributed by atoms with van der Waals surface area (Å²) in [4.78, 5) is 46.8. The molecule has 48 heavy (non-hydrogen) atoms. The van der Waals surface area contributed by atoms with Crippen molar-refractivity contribution in [1.29, 1.82) is 0 Å². The second kappa shape index (κ2) is 12.1. The summed E-state index contributed by atoms with van der Waals surface area (Å²) >= 11 is 0. The molecule has 2 aromatic heterocycles. The van der Waals surface area contributed by atoms with Crippen LogP contribution in [0.15, 0.2) is 48.7 Å². The third-order valence-corrected chi connectivity index (χ3v) is 10.5. The Hall–Kier alpha value is -4.66. The molecular weight excluding hydrogens is 600 g/mol. The second-order valence-corrected chi connectivity index (χ2v) is 14.3. The minimum atomic E-state index is -0.0217. The first kappa shape index (κ1) is 30.7. The first-order chi connectivity index (χ1) is 23.3. The van der Waals surface area contributed by atoms with Gasteiger partial charge in [0.1, 0.15) is 24.0 Å². The number of nitrogens with zero attached hydrogens (tertiary/aromatic N) is 4. The second-order valence-electron chi connectivity index (χ2n) is 14.3. The highest BCUT2D eigenvalue weighted by Crippen LogP contribution is 2.44. The molecule has 9 heteroatoms. The molecule has 5 heterocycles. The molecule has 0 aliphatic carbocycles. The fourth-order valence-corrected chi connectivity index (χ4v) is 8.16. The number of likely N-dealkylation sites (tertiary alicyclic amines) is 2. The van der Waals surface area contributed by atoms with Crippen LogP contribution in [-0.4, -0.2) is 54.6 Å². The van der Waals surface area contributed by atoms with Crippen LogP contribution < -0.4 is 4.74 Å². The van der Waals surface area contributed by atoms with Crippen LogP contribution in [0.2, 0.25) is 0 Å². The van der Waals surface area contributed by atoms with Crippen molar-refractivity contribution in [2.45, 2.75) is 84.9 Å². The molecule has 2 fully saturated rings. The van der Waals surface area contributed by atoms with Crippen LogP contribution in [0.3, 0.4) is 0 Å². The average Bonchev–Trinajstić information content (AvgIpc) is 3.89. The van der Waals surface area contributed by atoms with Gasteiger partial charge in [0.2, 0.25) is 11.8 Å². The molecule has 3 aromatic carbocycles. The van der Waals surface area contributed by atoms with E-state index in [9.17, 15) is 9.59 Å². The van der Waals surface area contributed by atoms with Gasteiger partial charge >= 0.3 is 0 Å². The molecule has 0 bridgehead atoms. The van der Waals surface area contributed by atoms with Crippen LogP contribution >= 0.6 is 0 Å². The van der Waals surface area contributed by atoms with E-state index in [1.807, 2.05) is 16.0 Å². The minimum Gasteiger partial charge on any atom is -0.488 e. The zero-order valence-corrected chi connectivity index (χ0v) is 28.3. The molecule has 2 saturated heterocycles. The average molecular weight is 645 g/mol. The van der Waals surface area contributed by atoms with Crippen LogP contribution in [0, 0.1) is 11.8 Å². The maximum absolute atomic E-state index is 12.9. The number of rotatable bonds is 7. The van der Waals surface area contributed by atoms with Crippen molar-refractivity contribution in [3.8, 4) is 28.1 Å². The lowest BCUT2D eigenvalue weighted by molar-refractivity contribution is -0.133. The molecule has 4 atom stereocenters. The van der Waals surface area contributed by atoms with Crippen molar-refractivity contribution in [2.24, 2.45) is 11.8 Å². The number of fused-ring (bicyclic) bond motifs is 6. The van der Waals surface area contributed by atoms with Crippen molar-refractivity contribution in [3.05, 3.63) is 65.9 Å². The van der Waals surface area contributed by atoms with Gasteiger partial charge in [-0.05, 0) is 83.9 Å². The number of hydrogen-bond donors (Lipinski definition) is 2. The SMILES string of the molecule is CCCC(=O)N1CC(C)CC1c1ncc(-c2ccc3c(c2)COc2cc4c(ccc5[nH]c(C6CC(C)CN6C(=O)CCC)nc54)cc2-3)[nH]1. The summed E-state index contributed by atoms with van der Waals surface area (Å²) in [5.74, 6) is 3.90. The maximum atomic E-state index is 12.9. The predicted molar refractivity (Wildman–Crippen MR) is 187 cm³/mol. The Morgan fingerprint density at radius 1 is 0.854 bits per heavy atom. The van der Waals surface area contributed by atoms with Crippen molar-refractivity contribution in [3.63, 3.8) is 0 Å². The number of aromatic amines is 2. The fourth-order valence-electron chi connectivity index (χ4n) is 8.16. The van der Waals surface area contributed by atoms with Crippen LogP contribution in [0.4, 0.5) is 0 Å².